The fourth-order valence-electron chi connectivity index (χ4n) is 4.30. The molecule has 1 fully saturated rings. The SMILES string of the molecule is Cc1ccc(CN2CC(C(=O)NCc3ccc4c(c3)CCCN4C)CC2=O)cc1. The Morgan fingerprint density at radius 1 is 1.14 bits per heavy atom. The lowest BCUT2D eigenvalue weighted by Gasteiger charge is -2.27. The van der Waals surface area contributed by atoms with Crippen LogP contribution in [0.5, 0.6) is 0 Å². The number of benzene rings is 2. The van der Waals surface area contributed by atoms with Gasteiger partial charge in [0.25, 0.3) is 0 Å². The molecule has 2 amide bonds. The maximum absolute atomic E-state index is 12.6. The molecule has 1 atom stereocenters. The van der Waals surface area contributed by atoms with E-state index in [9.17, 15) is 9.59 Å². The molecular weight excluding hydrogens is 362 g/mol. The average Bonchev–Trinajstić information content (AvgIpc) is 3.08. The average molecular weight is 392 g/mol. The van der Waals surface area contributed by atoms with Crippen molar-refractivity contribution < 1.29 is 9.59 Å². The third-order valence-electron chi connectivity index (χ3n) is 6.04. The molecule has 5 nitrogen and oxygen atoms in total. The van der Waals surface area contributed by atoms with Crippen LogP contribution in [0.15, 0.2) is 42.5 Å². The zero-order valence-corrected chi connectivity index (χ0v) is 17.3. The quantitative estimate of drug-likeness (QED) is 0.852. The molecule has 4 rings (SSSR count). The minimum atomic E-state index is -0.267. The number of aryl methyl sites for hydroxylation is 2. The van der Waals surface area contributed by atoms with Crippen molar-refractivity contribution in [2.75, 3.05) is 25.0 Å². The van der Waals surface area contributed by atoms with Gasteiger partial charge in [0.2, 0.25) is 11.8 Å². The molecular formula is C24H29N3O2. The number of carbonyl (C=O) groups is 2. The van der Waals surface area contributed by atoms with Gasteiger partial charge in [-0.15, -0.1) is 0 Å². The van der Waals surface area contributed by atoms with E-state index in [0.29, 0.717) is 26.1 Å². The Labute approximate surface area is 172 Å². The molecule has 0 aromatic heterocycles. The Hall–Kier alpha value is -2.82. The monoisotopic (exact) mass is 391 g/mol. The van der Waals surface area contributed by atoms with Gasteiger partial charge in [-0.3, -0.25) is 9.59 Å². The zero-order chi connectivity index (χ0) is 20.4. The van der Waals surface area contributed by atoms with Gasteiger partial charge in [0.15, 0.2) is 0 Å². The van der Waals surface area contributed by atoms with Crippen molar-refractivity contribution in [2.24, 2.45) is 5.92 Å². The molecule has 5 heteroatoms. The summed E-state index contributed by atoms with van der Waals surface area (Å²) in [5, 5.41) is 3.04. The Bertz CT molecular complexity index is 907. The van der Waals surface area contributed by atoms with Gasteiger partial charge in [0.1, 0.15) is 0 Å². The molecule has 0 bridgehead atoms. The van der Waals surface area contributed by atoms with Crippen LogP contribution in [-0.2, 0) is 29.1 Å². The molecule has 0 saturated carbocycles. The van der Waals surface area contributed by atoms with E-state index in [1.54, 1.807) is 4.90 Å². The summed E-state index contributed by atoms with van der Waals surface area (Å²) in [6.45, 7) is 4.72. The van der Waals surface area contributed by atoms with Crippen LogP contribution >= 0.6 is 0 Å². The van der Waals surface area contributed by atoms with Crippen molar-refractivity contribution in [3.8, 4) is 0 Å². The third kappa shape index (κ3) is 4.44. The highest BCUT2D eigenvalue weighted by atomic mass is 16.2. The number of fused-ring (bicyclic) bond motifs is 1. The van der Waals surface area contributed by atoms with Crippen LogP contribution in [-0.4, -0.2) is 36.9 Å². The van der Waals surface area contributed by atoms with Gasteiger partial charge in [0, 0.05) is 45.3 Å². The Morgan fingerprint density at radius 3 is 2.69 bits per heavy atom. The normalized spacial score (nSPS) is 18.7. The highest BCUT2D eigenvalue weighted by Crippen LogP contribution is 2.27. The molecule has 2 aromatic rings. The smallest absolute Gasteiger partial charge is 0.225 e. The van der Waals surface area contributed by atoms with Crippen molar-refractivity contribution in [3.63, 3.8) is 0 Å². The maximum Gasteiger partial charge on any atom is 0.225 e. The zero-order valence-electron chi connectivity index (χ0n) is 17.3. The second-order valence-corrected chi connectivity index (χ2v) is 8.37. The number of anilines is 1. The first-order valence-electron chi connectivity index (χ1n) is 10.4. The first-order valence-corrected chi connectivity index (χ1v) is 10.4. The summed E-state index contributed by atoms with van der Waals surface area (Å²) in [5.74, 6) is -0.237. The molecule has 2 aliphatic heterocycles. The molecule has 29 heavy (non-hydrogen) atoms. The lowest BCUT2D eigenvalue weighted by atomic mass is 9.99. The van der Waals surface area contributed by atoms with E-state index in [1.807, 2.05) is 19.1 Å². The van der Waals surface area contributed by atoms with Gasteiger partial charge >= 0.3 is 0 Å². The van der Waals surface area contributed by atoms with Crippen molar-refractivity contribution in [2.45, 2.75) is 39.3 Å². The van der Waals surface area contributed by atoms with E-state index >= 15 is 0 Å². The first kappa shape index (κ1) is 19.5. The molecule has 1 N–H and O–H groups in total. The predicted octanol–water partition coefficient (Wildman–Crippen LogP) is 3.04. The van der Waals surface area contributed by atoms with Gasteiger partial charge in [-0.2, -0.15) is 0 Å². The summed E-state index contributed by atoms with van der Waals surface area (Å²) in [7, 11) is 2.12. The second kappa shape index (κ2) is 8.27. The highest BCUT2D eigenvalue weighted by Gasteiger charge is 2.34. The summed E-state index contributed by atoms with van der Waals surface area (Å²) < 4.78 is 0. The minimum Gasteiger partial charge on any atom is -0.374 e. The Balaban J connectivity index is 1.32. The topological polar surface area (TPSA) is 52.7 Å². The Kier molecular flexibility index (Phi) is 5.56. The molecule has 1 unspecified atom stereocenters. The van der Waals surface area contributed by atoms with E-state index in [0.717, 1.165) is 24.1 Å². The van der Waals surface area contributed by atoms with Crippen LogP contribution in [0.4, 0.5) is 5.69 Å². The number of nitrogens with one attached hydrogen (secondary N) is 1. The number of nitrogens with zero attached hydrogens (tertiary/aromatic N) is 2. The lowest BCUT2D eigenvalue weighted by molar-refractivity contribution is -0.129. The fourth-order valence-corrected chi connectivity index (χ4v) is 4.30. The van der Waals surface area contributed by atoms with Crippen LogP contribution in [0.25, 0.3) is 0 Å². The number of amides is 2. The van der Waals surface area contributed by atoms with Crippen molar-refractivity contribution in [1.29, 1.82) is 0 Å². The summed E-state index contributed by atoms with van der Waals surface area (Å²) in [6, 6.07) is 14.6. The maximum atomic E-state index is 12.6. The largest absolute Gasteiger partial charge is 0.374 e. The summed E-state index contributed by atoms with van der Waals surface area (Å²) in [6.07, 6.45) is 2.56. The molecule has 0 aliphatic carbocycles. The van der Waals surface area contributed by atoms with Gasteiger partial charge in [-0.25, -0.2) is 0 Å². The predicted molar refractivity (Wildman–Crippen MR) is 115 cm³/mol. The number of hydrogen-bond donors (Lipinski definition) is 1. The van der Waals surface area contributed by atoms with Crippen molar-refractivity contribution >= 4 is 17.5 Å². The number of hydrogen-bond acceptors (Lipinski definition) is 3. The Morgan fingerprint density at radius 2 is 1.90 bits per heavy atom. The molecule has 2 heterocycles. The molecule has 152 valence electrons. The van der Waals surface area contributed by atoms with Crippen molar-refractivity contribution in [1.82, 2.24) is 10.2 Å². The first-order chi connectivity index (χ1) is 14.0. The second-order valence-electron chi connectivity index (χ2n) is 8.37. The van der Waals surface area contributed by atoms with Crippen LogP contribution in [0.1, 0.15) is 35.1 Å². The number of carbonyl (C=O) groups excluding carboxylic acids is 2. The summed E-state index contributed by atoms with van der Waals surface area (Å²) in [4.78, 5) is 29.1. The van der Waals surface area contributed by atoms with E-state index < -0.39 is 0 Å². The van der Waals surface area contributed by atoms with E-state index in [-0.39, 0.29) is 17.7 Å². The fraction of sp³-hybridized carbons (Fsp3) is 0.417. The van der Waals surface area contributed by atoms with Crippen molar-refractivity contribution in [3.05, 3.63) is 64.7 Å². The van der Waals surface area contributed by atoms with Gasteiger partial charge in [0.05, 0.1) is 5.92 Å². The van der Waals surface area contributed by atoms with Crippen LogP contribution < -0.4 is 10.2 Å². The standard InChI is InChI=1S/C24H29N3O2/c1-17-5-7-18(8-6-17)15-27-16-21(13-23(27)28)24(29)25-14-19-9-10-22-20(12-19)4-3-11-26(22)2/h5-10,12,21H,3-4,11,13-16H2,1-2H3,(H,25,29). The minimum absolute atomic E-state index is 0.0282. The summed E-state index contributed by atoms with van der Waals surface area (Å²) >= 11 is 0. The third-order valence-corrected chi connectivity index (χ3v) is 6.04. The highest BCUT2D eigenvalue weighted by molar-refractivity contribution is 5.89. The molecule has 2 aliphatic rings. The molecule has 2 aromatic carbocycles. The van der Waals surface area contributed by atoms with E-state index in [1.165, 1.54) is 23.2 Å². The lowest BCUT2D eigenvalue weighted by Crippen LogP contribution is -2.32. The molecule has 1 saturated heterocycles. The van der Waals surface area contributed by atoms with Crippen LogP contribution in [0.3, 0.4) is 0 Å². The van der Waals surface area contributed by atoms with Crippen LogP contribution in [0.2, 0.25) is 0 Å². The summed E-state index contributed by atoms with van der Waals surface area (Å²) in [5.41, 5.74) is 6.06. The molecule has 0 radical (unpaired) electrons. The number of rotatable bonds is 5. The van der Waals surface area contributed by atoms with E-state index in [4.69, 9.17) is 0 Å². The number of likely N-dealkylation sites (tertiary alicyclic amines) is 1. The van der Waals surface area contributed by atoms with Gasteiger partial charge in [-0.05, 0) is 42.5 Å². The molecule has 0 spiro atoms. The van der Waals surface area contributed by atoms with Crippen LogP contribution in [0, 0.1) is 12.8 Å². The van der Waals surface area contributed by atoms with E-state index in [2.05, 4.69) is 47.6 Å². The van der Waals surface area contributed by atoms with Gasteiger partial charge < -0.3 is 15.1 Å². The van der Waals surface area contributed by atoms with Gasteiger partial charge in [-0.1, -0.05) is 42.0 Å².